The minimum Gasteiger partial charge on any atom is -0.280 e. The van der Waals surface area contributed by atoms with Crippen molar-refractivity contribution in [2.24, 2.45) is 0 Å². The summed E-state index contributed by atoms with van der Waals surface area (Å²) in [5.41, 5.74) is 0.749. The van der Waals surface area contributed by atoms with Gasteiger partial charge in [0.25, 0.3) is 10.0 Å². The van der Waals surface area contributed by atoms with Crippen LogP contribution in [0, 0.1) is 0 Å². The molecule has 3 rings (SSSR count). The first kappa shape index (κ1) is 16.9. The molecule has 1 aromatic heterocycles. The molecule has 1 aliphatic heterocycles. The van der Waals surface area contributed by atoms with E-state index >= 15 is 0 Å². The zero-order valence-electron chi connectivity index (χ0n) is 12.4. The second-order valence-electron chi connectivity index (χ2n) is 5.19. The van der Waals surface area contributed by atoms with Crippen molar-refractivity contribution in [2.45, 2.75) is 24.2 Å². The molecular formula is C15H13ClN2O4S2. The summed E-state index contributed by atoms with van der Waals surface area (Å²) in [7, 11) is -3.78. The lowest BCUT2D eigenvalue weighted by atomic mass is 10.1. The van der Waals surface area contributed by atoms with Gasteiger partial charge in [-0.2, -0.15) is 0 Å². The van der Waals surface area contributed by atoms with Crippen molar-refractivity contribution >= 4 is 56.2 Å². The predicted molar refractivity (Wildman–Crippen MR) is 92.9 cm³/mol. The van der Waals surface area contributed by atoms with Crippen LogP contribution in [0.3, 0.4) is 0 Å². The van der Waals surface area contributed by atoms with Gasteiger partial charge in [0.1, 0.15) is 9.23 Å². The first-order valence-corrected chi connectivity index (χ1v) is 9.84. The number of nitrogens with one attached hydrogen (secondary N) is 1. The number of piperidine rings is 1. The summed E-state index contributed by atoms with van der Waals surface area (Å²) in [5, 5.41) is 1.59. The second kappa shape index (κ2) is 6.54. The van der Waals surface area contributed by atoms with Crippen LogP contribution in [0.15, 0.2) is 40.6 Å². The van der Waals surface area contributed by atoms with E-state index in [4.69, 9.17) is 11.6 Å². The normalized spacial score (nSPS) is 15.6. The molecule has 1 fully saturated rings. The van der Waals surface area contributed by atoms with Gasteiger partial charge in [-0.15, -0.1) is 11.3 Å². The van der Waals surface area contributed by atoms with E-state index in [2.05, 4.69) is 4.72 Å². The van der Waals surface area contributed by atoms with Crippen molar-refractivity contribution in [3.8, 4) is 0 Å². The fourth-order valence-corrected chi connectivity index (χ4v) is 5.01. The molecule has 126 valence electrons. The molecular weight excluding hydrogens is 372 g/mol. The molecule has 1 aliphatic rings. The third-order valence-corrected chi connectivity index (χ3v) is 6.37. The number of sulfonamides is 1. The van der Waals surface area contributed by atoms with E-state index < -0.39 is 10.0 Å². The molecule has 24 heavy (non-hydrogen) atoms. The Morgan fingerprint density at radius 2 is 1.67 bits per heavy atom. The molecule has 9 heteroatoms. The van der Waals surface area contributed by atoms with Crippen LogP contribution in [-0.2, 0) is 19.6 Å². The average Bonchev–Trinajstić information content (AvgIpc) is 2.95. The lowest BCUT2D eigenvalue weighted by Gasteiger charge is -2.25. The number of imide groups is 1. The smallest absolute Gasteiger partial charge is 0.264 e. The number of anilines is 2. The summed E-state index contributed by atoms with van der Waals surface area (Å²) in [6.45, 7) is 0. The average molecular weight is 385 g/mol. The molecule has 6 nitrogen and oxygen atoms in total. The zero-order chi connectivity index (χ0) is 17.3. The first-order chi connectivity index (χ1) is 11.4. The molecule has 2 amide bonds. The first-order valence-electron chi connectivity index (χ1n) is 7.10. The number of hydrogen-bond acceptors (Lipinski definition) is 5. The number of halogens is 1. The number of carbonyl (C=O) groups is 2. The molecule has 1 aromatic carbocycles. The molecule has 0 radical (unpaired) electrons. The summed E-state index contributed by atoms with van der Waals surface area (Å²) in [6, 6.07) is 7.50. The Balaban J connectivity index is 1.81. The van der Waals surface area contributed by atoms with Gasteiger partial charge in [0.2, 0.25) is 11.8 Å². The van der Waals surface area contributed by atoms with Gasteiger partial charge in [0, 0.05) is 18.5 Å². The van der Waals surface area contributed by atoms with Crippen LogP contribution in [0.4, 0.5) is 11.4 Å². The van der Waals surface area contributed by atoms with Crippen LogP contribution in [-0.4, -0.2) is 20.2 Å². The minimum absolute atomic E-state index is 0.0135. The van der Waals surface area contributed by atoms with E-state index in [1.165, 1.54) is 30.3 Å². The van der Waals surface area contributed by atoms with E-state index in [1.54, 1.807) is 5.38 Å². The zero-order valence-corrected chi connectivity index (χ0v) is 14.7. The van der Waals surface area contributed by atoms with Crippen LogP contribution in [0.5, 0.6) is 0 Å². The minimum atomic E-state index is -3.78. The number of amides is 2. The van der Waals surface area contributed by atoms with Gasteiger partial charge in [0.15, 0.2) is 0 Å². The summed E-state index contributed by atoms with van der Waals surface area (Å²) >= 11 is 7.00. The van der Waals surface area contributed by atoms with Gasteiger partial charge >= 0.3 is 0 Å². The van der Waals surface area contributed by atoms with Gasteiger partial charge in [-0.1, -0.05) is 11.6 Å². The fraction of sp³-hybridized carbons (Fsp3) is 0.200. The third-order valence-electron chi connectivity index (χ3n) is 3.53. The fourth-order valence-electron chi connectivity index (χ4n) is 2.40. The maximum absolute atomic E-state index is 12.3. The maximum Gasteiger partial charge on any atom is 0.264 e. The van der Waals surface area contributed by atoms with Gasteiger partial charge < -0.3 is 0 Å². The Bertz CT molecular complexity index is 874. The Hall–Kier alpha value is -1.90. The summed E-state index contributed by atoms with van der Waals surface area (Å²) < 4.78 is 27.1. The van der Waals surface area contributed by atoms with Crippen LogP contribution in [0.1, 0.15) is 19.3 Å². The van der Waals surface area contributed by atoms with Crippen molar-refractivity contribution in [3.63, 3.8) is 0 Å². The summed E-state index contributed by atoms with van der Waals surface area (Å²) in [4.78, 5) is 24.9. The van der Waals surface area contributed by atoms with E-state index in [-0.39, 0.29) is 21.0 Å². The topological polar surface area (TPSA) is 83.6 Å². The highest BCUT2D eigenvalue weighted by atomic mass is 35.5. The summed E-state index contributed by atoms with van der Waals surface area (Å²) in [6.07, 6.45) is 1.22. The number of carbonyl (C=O) groups excluding carboxylic acids is 2. The Morgan fingerprint density at radius 1 is 1.04 bits per heavy atom. The number of nitrogens with zero attached hydrogens (tertiary/aromatic N) is 1. The molecule has 2 heterocycles. The lowest BCUT2D eigenvalue weighted by molar-refractivity contribution is -0.129. The molecule has 0 aliphatic carbocycles. The number of hydrogen-bond donors (Lipinski definition) is 1. The van der Waals surface area contributed by atoms with Gasteiger partial charge in [-0.05, 0) is 42.1 Å². The van der Waals surface area contributed by atoms with Crippen LogP contribution in [0.25, 0.3) is 0 Å². The lowest BCUT2D eigenvalue weighted by Crippen LogP contribution is -2.40. The van der Waals surface area contributed by atoms with E-state index in [0.29, 0.717) is 30.6 Å². The molecule has 0 bridgehead atoms. The van der Waals surface area contributed by atoms with E-state index in [9.17, 15) is 18.0 Å². The van der Waals surface area contributed by atoms with Crippen molar-refractivity contribution in [1.82, 2.24) is 0 Å². The van der Waals surface area contributed by atoms with Gasteiger partial charge in [0.05, 0.1) is 5.69 Å². The third kappa shape index (κ3) is 3.31. The SMILES string of the molecule is O=C1CCCC(=O)N1c1ccc(NS(=O)(=O)c2ccsc2Cl)cc1. The largest absolute Gasteiger partial charge is 0.280 e. The van der Waals surface area contributed by atoms with Crippen LogP contribution >= 0.6 is 22.9 Å². The van der Waals surface area contributed by atoms with Crippen LogP contribution in [0.2, 0.25) is 4.34 Å². The quantitative estimate of drug-likeness (QED) is 0.820. The molecule has 1 N–H and O–H groups in total. The number of rotatable bonds is 4. The predicted octanol–water partition coefficient (Wildman–Crippen LogP) is 3.25. The molecule has 2 aromatic rings. The second-order valence-corrected chi connectivity index (χ2v) is 8.36. The molecule has 0 unspecified atom stereocenters. The highest BCUT2D eigenvalue weighted by Crippen LogP contribution is 2.29. The Labute approximate surface area is 148 Å². The van der Waals surface area contributed by atoms with Crippen molar-refractivity contribution in [3.05, 3.63) is 40.0 Å². The van der Waals surface area contributed by atoms with Crippen molar-refractivity contribution in [2.75, 3.05) is 9.62 Å². The number of benzene rings is 1. The highest BCUT2D eigenvalue weighted by molar-refractivity contribution is 7.93. The van der Waals surface area contributed by atoms with Crippen LogP contribution < -0.4 is 9.62 Å². The van der Waals surface area contributed by atoms with E-state index in [0.717, 1.165) is 16.2 Å². The monoisotopic (exact) mass is 384 g/mol. The summed E-state index contributed by atoms with van der Waals surface area (Å²) in [5.74, 6) is -0.491. The number of thiophene rings is 1. The van der Waals surface area contributed by atoms with Gasteiger partial charge in [-0.25, -0.2) is 8.42 Å². The highest BCUT2D eigenvalue weighted by Gasteiger charge is 2.27. The Morgan fingerprint density at radius 3 is 2.21 bits per heavy atom. The molecule has 1 saturated heterocycles. The van der Waals surface area contributed by atoms with Crippen molar-refractivity contribution < 1.29 is 18.0 Å². The molecule has 0 saturated carbocycles. The molecule has 0 atom stereocenters. The van der Waals surface area contributed by atoms with Crippen molar-refractivity contribution in [1.29, 1.82) is 0 Å². The molecule has 0 spiro atoms. The van der Waals surface area contributed by atoms with Gasteiger partial charge in [-0.3, -0.25) is 19.2 Å². The standard InChI is InChI=1S/C15H13ClN2O4S2/c16-15-12(8-9-23-15)24(21,22)17-10-4-6-11(7-5-10)18-13(19)2-1-3-14(18)20/h4-9,17H,1-3H2. The van der Waals surface area contributed by atoms with E-state index in [1.807, 2.05) is 0 Å². The maximum atomic E-state index is 12.3. The Kier molecular flexibility index (Phi) is 4.62.